The number of carbonyl (C=O) groups is 1. The summed E-state index contributed by atoms with van der Waals surface area (Å²) in [6.45, 7) is 4.38. The molecule has 332 valence electrons. The second-order valence-electron chi connectivity index (χ2n) is 17.6. The van der Waals surface area contributed by atoms with Crippen LogP contribution < -0.4 is 5.32 Å². The maximum Gasteiger partial charge on any atom is 0.220 e. The topological polar surface area (TPSA) is 69.6 Å². The van der Waals surface area contributed by atoms with Crippen LogP contribution in [0.2, 0.25) is 0 Å². The van der Waals surface area contributed by atoms with Gasteiger partial charge in [-0.05, 0) is 44.9 Å². The summed E-state index contributed by atoms with van der Waals surface area (Å²) < 4.78 is 0. The van der Waals surface area contributed by atoms with Gasteiger partial charge < -0.3 is 15.5 Å². The Bertz CT molecular complexity index is 810. The summed E-state index contributed by atoms with van der Waals surface area (Å²) in [5, 5.41) is 23.2. The van der Waals surface area contributed by atoms with E-state index in [-0.39, 0.29) is 12.5 Å². The van der Waals surface area contributed by atoms with Gasteiger partial charge in [0.1, 0.15) is 0 Å². The number of nitrogens with one attached hydrogen (secondary N) is 1. The van der Waals surface area contributed by atoms with Crippen molar-refractivity contribution in [2.75, 3.05) is 6.61 Å². The zero-order valence-corrected chi connectivity index (χ0v) is 38.2. The van der Waals surface area contributed by atoms with Crippen molar-refractivity contribution in [2.45, 2.75) is 296 Å². The number of hydrogen-bond donors (Lipinski definition) is 3. The molecule has 0 heterocycles. The van der Waals surface area contributed by atoms with Crippen molar-refractivity contribution in [3.63, 3.8) is 0 Å². The number of carbonyl (C=O) groups excluding carboxylic acids is 1. The van der Waals surface area contributed by atoms with Crippen molar-refractivity contribution in [2.24, 2.45) is 0 Å². The molecule has 0 aliphatic heterocycles. The minimum absolute atomic E-state index is 0.0292. The zero-order valence-electron chi connectivity index (χ0n) is 38.2. The van der Waals surface area contributed by atoms with Gasteiger partial charge in [-0.2, -0.15) is 0 Å². The van der Waals surface area contributed by atoms with Crippen molar-refractivity contribution >= 4 is 5.91 Å². The van der Waals surface area contributed by atoms with Gasteiger partial charge in [0.15, 0.2) is 0 Å². The van der Waals surface area contributed by atoms with Crippen molar-refractivity contribution in [1.29, 1.82) is 0 Å². The van der Waals surface area contributed by atoms with Crippen LogP contribution in [0.1, 0.15) is 284 Å². The molecule has 0 spiro atoms. The van der Waals surface area contributed by atoms with E-state index in [1.54, 1.807) is 0 Å². The van der Waals surface area contributed by atoms with Crippen LogP contribution >= 0.6 is 0 Å². The van der Waals surface area contributed by atoms with Gasteiger partial charge >= 0.3 is 0 Å². The molecule has 0 aromatic rings. The molecule has 2 unspecified atom stereocenters. The van der Waals surface area contributed by atoms with Crippen molar-refractivity contribution in [3.8, 4) is 0 Å². The Morgan fingerprint density at radius 1 is 0.429 bits per heavy atom. The maximum absolute atomic E-state index is 12.4. The molecule has 4 heteroatoms. The van der Waals surface area contributed by atoms with E-state index >= 15 is 0 Å². The first-order valence-electron chi connectivity index (χ1n) is 25.5. The second-order valence-corrected chi connectivity index (χ2v) is 17.6. The summed E-state index contributed by atoms with van der Waals surface area (Å²) >= 11 is 0. The average Bonchev–Trinajstić information content (AvgIpc) is 3.20. The number of hydrogen-bond acceptors (Lipinski definition) is 3. The Morgan fingerprint density at radius 3 is 1.07 bits per heavy atom. The fourth-order valence-electron chi connectivity index (χ4n) is 8.04. The van der Waals surface area contributed by atoms with Gasteiger partial charge in [0.2, 0.25) is 5.91 Å². The molecule has 0 aliphatic rings. The van der Waals surface area contributed by atoms with Crippen molar-refractivity contribution in [1.82, 2.24) is 5.32 Å². The molecule has 0 radical (unpaired) electrons. The molecule has 0 aromatic heterocycles. The SMILES string of the molecule is CCCCCCCCCCC/C=C\C/C=C\CCCCCCCCCCCCCCCC(=O)NC(CO)C(O)CCCCCCCCCCCCCCCCC. The molecule has 0 aromatic carbocycles. The fourth-order valence-corrected chi connectivity index (χ4v) is 8.04. The quantitative estimate of drug-likeness (QED) is 0.0425. The van der Waals surface area contributed by atoms with Crippen LogP contribution in [-0.2, 0) is 4.79 Å². The van der Waals surface area contributed by atoms with Gasteiger partial charge in [0.05, 0.1) is 18.8 Å². The zero-order chi connectivity index (χ0) is 40.7. The van der Waals surface area contributed by atoms with Gasteiger partial charge in [0.25, 0.3) is 0 Å². The number of unbranched alkanes of at least 4 members (excludes halogenated alkanes) is 36. The Kier molecular flexibility index (Phi) is 47.3. The minimum Gasteiger partial charge on any atom is -0.394 e. The Balaban J connectivity index is 3.45. The molecule has 0 fully saturated rings. The molecule has 4 nitrogen and oxygen atoms in total. The summed E-state index contributed by atoms with van der Waals surface area (Å²) in [7, 11) is 0. The predicted octanol–water partition coefficient (Wildman–Crippen LogP) is 16.4. The van der Waals surface area contributed by atoms with Crippen LogP contribution in [0, 0.1) is 0 Å². The molecule has 2 atom stereocenters. The first-order chi connectivity index (χ1) is 27.7. The molecule has 0 saturated carbocycles. The summed E-state index contributed by atoms with van der Waals surface area (Å²) in [5.74, 6) is -0.0292. The summed E-state index contributed by atoms with van der Waals surface area (Å²) in [5.41, 5.74) is 0. The smallest absolute Gasteiger partial charge is 0.220 e. The second kappa shape index (κ2) is 48.2. The third-order valence-electron chi connectivity index (χ3n) is 12.0. The first-order valence-corrected chi connectivity index (χ1v) is 25.5. The van der Waals surface area contributed by atoms with E-state index in [4.69, 9.17) is 0 Å². The normalized spacial score (nSPS) is 13.0. The van der Waals surface area contributed by atoms with Crippen LogP contribution in [0.25, 0.3) is 0 Å². The van der Waals surface area contributed by atoms with E-state index in [9.17, 15) is 15.0 Å². The minimum atomic E-state index is -0.657. The lowest BCUT2D eigenvalue weighted by Gasteiger charge is -2.22. The highest BCUT2D eigenvalue weighted by Crippen LogP contribution is 2.17. The number of allylic oxidation sites excluding steroid dienone is 4. The van der Waals surface area contributed by atoms with Crippen molar-refractivity contribution < 1.29 is 15.0 Å². The third-order valence-corrected chi connectivity index (χ3v) is 12.0. The van der Waals surface area contributed by atoms with Gasteiger partial charge in [-0.3, -0.25) is 4.79 Å². The number of aliphatic hydroxyl groups excluding tert-OH is 2. The first kappa shape index (κ1) is 54.9. The summed E-state index contributed by atoms with van der Waals surface area (Å²) in [6, 6.07) is -0.534. The maximum atomic E-state index is 12.4. The van der Waals surface area contributed by atoms with E-state index in [0.29, 0.717) is 12.8 Å². The number of rotatable bonds is 47. The Labute approximate surface area is 351 Å². The monoisotopic (exact) mass is 788 g/mol. The highest BCUT2D eigenvalue weighted by molar-refractivity contribution is 5.76. The lowest BCUT2D eigenvalue weighted by atomic mass is 10.0. The largest absolute Gasteiger partial charge is 0.394 e. The van der Waals surface area contributed by atoms with Crippen LogP contribution in [-0.4, -0.2) is 34.9 Å². The molecule has 0 rings (SSSR count). The van der Waals surface area contributed by atoms with Gasteiger partial charge in [-0.1, -0.05) is 256 Å². The van der Waals surface area contributed by atoms with Gasteiger partial charge in [0, 0.05) is 6.42 Å². The third kappa shape index (κ3) is 44.0. The highest BCUT2D eigenvalue weighted by Gasteiger charge is 2.20. The van der Waals surface area contributed by atoms with E-state index in [1.807, 2.05) is 0 Å². The Morgan fingerprint density at radius 2 is 0.732 bits per heavy atom. The number of aliphatic hydroxyl groups is 2. The van der Waals surface area contributed by atoms with Crippen LogP contribution in [0.5, 0.6) is 0 Å². The molecule has 0 saturated heterocycles. The van der Waals surface area contributed by atoms with Crippen LogP contribution in [0.15, 0.2) is 24.3 Å². The van der Waals surface area contributed by atoms with E-state index < -0.39 is 12.1 Å². The highest BCUT2D eigenvalue weighted by atomic mass is 16.3. The summed E-state index contributed by atoms with van der Waals surface area (Å²) in [4.78, 5) is 12.4. The molecule has 0 aliphatic carbocycles. The molecular weight excluding hydrogens is 687 g/mol. The lowest BCUT2D eigenvalue weighted by Crippen LogP contribution is -2.45. The van der Waals surface area contributed by atoms with Gasteiger partial charge in [-0.25, -0.2) is 0 Å². The molecule has 3 N–H and O–H groups in total. The van der Waals surface area contributed by atoms with E-state index in [0.717, 1.165) is 32.1 Å². The fraction of sp³-hybridized carbons (Fsp3) is 0.904. The molecule has 56 heavy (non-hydrogen) atoms. The van der Waals surface area contributed by atoms with Crippen molar-refractivity contribution in [3.05, 3.63) is 24.3 Å². The standard InChI is InChI=1S/C52H101NO3/c1-3-5-7-9-11-13-15-17-19-20-21-22-23-24-25-26-27-28-29-30-31-32-34-36-38-40-42-44-46-48-52(56)53-50(49-54)51(55)47-45-43-41-39-37-35-33-18-16-14-12-10-8-6-4-2/h21-22,24-25,50-51,54-55H,3-20,23,26-49H2,1-2H3,(H,53,56)/b22-21-,25-24-. The number of amides is 1. The predicted molar refractivity (Wildman–Crippen MR) is 249 cm³/mol. The van der Waals surface area contributed by atoms with Crippen LogP contribution in [0.3, 0.4) is 0 Å². The molecule has 0 bridgehead atoms. The van der Waals surface area contributed by atoms with Gasteiger partial charge in [-0.15, -0.1) is 0 Å². The Hall–Kier alpha value is -1.13. The summed E-state index contributed by atoms with van der Waals surface area (Å²) in [6.07, 6.45) is 62.8. The average molecular weight is 788 g/mol. The molecule has 1 amide bonds. The molecular formula is C52H101NO3. The van der Waals surface area contributed by atoms with E-state index in [2.05, 4.69) is 43.5 Å². The lowest BCUT2D eigenvalue weighted by molar-refractivity contribution is -0.123. The van der Waals surface area contributed by atoms with E-state index in [1.165, 1.54) is 225 Å². The van der Waals surface area contributed by atoms with Crippen LogP contribution in [0.4, 0.5) is 0 Å².